The Balaban J connectivity index is 1.26. The normalized spacial score (nSPS) is 15.5. The number of nitrogens with zero attached hydrogens (tertiary/aromatic N) is 3. The van der Waals surface area contributed by atoms with Crippen molar-refractivity contribution in [3.8, 4) is 0 Å². The molecule has 1 saturated heterocycles. The molecule has 0 saturated carbocycles. The number of hydrogen-bond donors (Lipinski definition) is 1. The third kappa shape index (κ3) is 9.61. The van der Waals surface area contributed by atoms with Gasteiger partial charge in [0.1, 0.15) is 17.2 Å². The Labute approximate surface area is 248 Å². The molecule has 6 nitrogen and oxygen atoms in total. The summed E-state index contributed by atoms with van der Waals surface area (Å²) < 4.78 is 32.7. The number of aliphatic hydroxyl groups excluding tert-OH is 1. The number of piperazine rings is 1. The molecule has 4 rings (SSSR count). The third-order valence-electron chi connectivity index (χ3n) is 7.52. The Hall–Kier alpha value is -3.33. The summed E-state index contributed by atoms with van der Waals surface area (Å²) >= 11 is 0. The van der Waals surface area contributed by atoms with Gasteiger partial charge in [-0.05, 0) is 87.7 Å². The fraction of sp³-hybridized carbons (Fsp3) is 0.441. The van der Waals surface area contributed by atoms with Gasteiger partial charge in [0.2, 0.25) is 0 Å². The maximum Gasteiger partial charge on any atom is 0.414 e. The Kier molecular flexibility index (Phi) is 11.1. The second kappa shape index (κ2) is 14.7. The molecule has 1 N–H and O–H groups in total. The highest BCUT2D eigenvalue weighted by molar-refractivity contribution is 5.87. The van der Waals surface area contributed by atoms with E-state index in [-0.39, 0.29) is 24.1 Å². The van der Waals surface area contributed by atoms with E-state index in [0.717, 1.165) is 56.7 Å². The molecule has 1 unspecified atom stereocenters. The number of β-amino-alcohol motifs (C(OH)–C–C–N with tert-alkyl or cyclic N) is 1. The van der Waals surface area contributed by atoms with E-state index in [4.69, 9.17) is 4.74 Å². The van der Waals surface area contributed by atoms with Crippen molar-refractivity contribution in [2.24, 2.45) is 0 Å². The largest absolute Gasteiger partial charge is 0.443 e. The van der Waals surface area contributed by atoms with Gasteiger partial charge in [-0.1, -0.05) is 42.5 Å². The zero-order valence-electron chi connectivity index (χ0n) is 24.9. The van der Waals surface area contributed by atoms with Gasteiger partial charge in [0.05, 0.1) is 12.6 Å². The van der Waals surface area contributed by atoms with Gasteiger partial charge in [0.25, 0.3) is 0 Å². The monoisotopic (exact) mass is 579 g/mol. The molecule has 42 heavy (non-hydrogen) atoms. The van der Waals surface area contributed by atoms with E-state index in [2.05, 4.69) is 9.80 Å². The lowest BCUT2D eigenvalue weighted by atomic mass is 9.87. The lowest BCUT2D eigenvalue weighted by Crippen LogP contribution is -2.51. The fourth-order valence-corrected chi connectivity index (χ4v) is 5.41. The Morgan fingerprint density at radius 3 is 1.90 bits per heavy atom. The molecule has 1 amide bonds. The van der Waals surface area contributed by atoms with Crippen LogP contribution >= 0.6 is 0 Å². The summed E-state index contributed by atoms with van der Waals surface area (Å²) in [6.07, 6.45) is 0.619. The first-order valence-electron chi connectivity index (χ1n) is 14.8. The summed E-state index contributed by atoms with van der Waals surface area (Å²) in [5.74, 6) is -0.463. The van der Waals surface area contributed by atoms with Crippen LogP contribution in [0.2, 0.25) is 0 Å². The first-order valence-corrected chi connectivity index (χ1v) is 14.8. The third-order valence-corrected chi connectivity index (χ3v) is 7.52. The number of halogens is 2. The number of para-hydroxylation sites is 1. The standard InChI is InChI=1S/C34H43F2N3O3/c1-34(2,3)42-33(41)39(30-8-5-4-6-9-30)25-31(40)24-38-22-20-37(21-23-38)19-7-10-32(26-11-15-28(35)16-12-26)27-13-17-29(36)18-14-27/h4-6,8-9,11-18,31-32,40H,7,10,19-25H2,1-3H3. The van der Waals surface area contributed by atoms with Crippen molar-refractivity contribution in [3.63, 3.8) is 0 Å². The minimum Gasteiger partial charge on any atom is -0.443 e. The van der Waals surface area contributed by atoms with Crippen LogP contribution in [0.3, 0.4) is 0 Å². The number of aliphatic hydroxyl groups is 1. The molecular weight excluding hydrogens is 536 g/mol. The molecule has 0 radical (unpaired) electrons. The highest BCUT2D eigenvalue weighted by Gasteiger charge is 2.27. The zero-order chi connectivity index (χ0) is 30.1. The number of anilines is 1. The van der Waals surface area contributed by atoms with E-state index in [1.165, 1.54) is 29.2 Å². The van der Waals surface area contributed by atoms with Crippen LogP contribution in [-0.4, -0.2) is 78.5 Å². The molecule has 8 heteroatoms. The number of rotatable bonds is 11. The van der Waals surface area contributed by atoms with Crippen LogP contribution in [0.25, 0.3) is 0 Å². The van der Waals surface area contributed by atoms with Crippen LogP contribution in [0.5, 0.6) is 0 Å². The SMILES string of the molecule is CC(C)(C)OC(=O)N(CC(O)CN1CCN(CCCC(c2ccc(F)cc2)c2ccc(F)cc2)CC1)c1ccccc1. The Morgan fingerprint density at radius 2 is 1.38 bits per heavy atom. The molecule has 226 valence electrons. The van der Waals surface area contributed by atoms with Gasteiger partial charge in [-0.25, -0.2) is 13.6 Å². The summed E-state index contributed by atoms with van der Waals surface area (Å²) in [7, 11) is 0. The van der Waals surface area contributed by atoms with Gasteiger partial charge < -0.3 is 14.7 Å². The van der Waals surface area contributed by atoms with Crippen molar-refractivity contribution in [2.75, 3.05) is 50.7 Å². The topological polar surface area (TPSA) is 56.2 Å². The maximum absolute atomic E-state index is 13.5. The van der Waals surface area contributed by atoms with Gasteiger partial charge in [-0.2, -0.15) is 0 Å². The highest BCUT2D eigenvalue weighted by Crippen LogP contribution is 2.30. The minimum atomic E-state index is -0.726. The van der Waals surface area contributed by atoms with Crippen LogP contribution in [0.4, 0.5) is 19.3 Å². The molecule has 0 aromatic heterocycles. The molecule has 3 aromatic carbocycles. The number of ether oxygens (including phenoxy) is 1. The van der Waals surface area contributed by atoms with Crippen LogP contribution in [0, 0.1) is 11.6 Å². The van der Waals surface area contributed by atoms with E-state index in [1.54, 1.807) is 0 Å². The lowest BCUT2D eigenvalue weighted by molar-refractivity contribution is 0.0508. The molecule has 1 heterocycles. The van der Waals surface area contributed by atoms with Crippen molar-refractivity contribution in [3.05, 3.63) is 102 Å². The van der Waals surface area contributed by atoms with Crippen molar-refractivity contribution in [2.45, 2.75) is 51.2 Å². The van der Waals surface area contributed by atoms with E-state index >= 15 is 0 Å². The van der Waals surface area contributed by atoms with Crippen LogP contribution in [0.15, 0.2) is 78.9 Å². The van der Waals surface area contributed by atoms with Gasteiger partial charge in [-0.3, -0.25) is 9.80 Å². The van der Waals surface area contributed by atoms with Gasteiger partial charge in [-0.15, -0.1) is 0 Å². The first kappa shape index (κ1) is 31.6. The van der Waals surface area contributed by atoms with E-state index in [9.17, 15) is 18.7 Å². The maximum atomic E-state index is 13.5. The van der Waals surface area contributed by atoms with Crippen LogP contribution in [0.1, 0.15) is 50.7 Å². The van der Waals surface area contributed by atoms with Crippen molar-refractivity contribution in [1.82, 2.24) is 9.80 Å². The molecule has 0 aliphatic carbocycles. The van der Waals surface area contributed by atoms with Gasteiger partial charge >= 0.3 is 6.09 Å². The van der Waals surface area contributed by atoms with E-state index < -0.39 is 17.8 Å². The highest BCUT2D eigenvalue weighted by atomic mass is 19.1. The number of carbonyl (C=O) groups is 1. The second-order valence-corrected chi connectivity index (χ2v) is 12.0. The number of carbonyl (C=O) groups excluding carboxylic acids is 1. The fourth-order valence-electron chi connectivity index (χ4n) is 5.41. The number of benzene rings is 3. The van der Waals surface area contributed by atoms with Gasteiger partial charge in [0.15, 0.2) is 0 Å². The molecule has 0 spiro atoms. The first-order chi connectivity index (χ1) is 20.1. The second-order valence-electron chi connectivity index (χ2n) is 12.0. The van der Waals surface area contributed by atoms with E-state index in [1.807, 2.05) is 75.4 Å². The predicted molar refractivity (Wildman–Crippen MR) is 163 cm³/mol. The van der Waals surface area contributed by atoms with Crippen LogP contribution in [-0.2, 0) is 4.74 Å². The van der Waals surface area contributed by atoms with Gasteiger partial charge in [0, 0.05) is 44.3 Å². The Morgan fingerprint density at radius 1 is 0.857 bits per heavy atom. The van der Waals surface area contributed by atoms with Crippen molar-refractivity contribution < 1.29 is 23.4 Å². The summed E-state index contributed by atoms with van der Waals surface area (Å²) in [5.41, 5.74) is 2.11. The zero-order valence-corrected chi connectivity index (χ0v) is 24.9. The van der Waals surface area contributed by atoms with E-state index in [0.29, 0.717) is 12.2 Å². The molecule has 3 aromatic rings. The molecule has 1 atom stereocenters. The summed E-state index contributed by atoms with van der Waals surface area (Å²) in [6, 6.07) is 22.5. The summed E-state index contributed by atoms with van der Waals surface area (Å²) in [4.78, 5) is 19.1. The Bertz CT molecular complexity index is 1200. The van der Waals surface area contributed by atoms with Crippen molar-refractivity contribution in [1.29, 1.82) is 0 Å². The molecular formula is C34H43F2N3O3. The summed E-state index contributed by atoms with van der Waals surface area (Å²) in [5, 5.41) is 10.9. The minimum absolute atomic E-state index is 0.0696. The molecule has 1 fully saturated rings. The molecule has 1 aliphatic heterocycles. The van der Waals surface area contributed by atoms with Crippen LogP contribution < -0.4 is 4.90 Å². The number of hydrogen-bond acceptors (Lipinski definition) is 5. The summed E-state index contributed by atoms with van der Waals surface area (Å²) in [6.45, 7) is 10.5. The molecule has 1 aliphatic rings. The average Bonchev–Trinajstić information content (AvgIpc) is 2.96. The molecule has 0 bridgehead atoms. The predicted octanol–water partition coefficient (Wildman–Crippen LogP) is 6.30. The lowest BCUT2D eigenvalue weighted by Gasteiger charge is -2.36. The number of amides is 1. The van der Waals surface area contributed by atoms with Crippen molar-refractivity contribution >= 4 is 11.8 Å². The quantitative estimate of drug-likeness (QED) is 0.289. The average molecular weight is 580 g/mol. The smallest absolute Gasteiger partial charge is 0.414 e.